The molecule has 0 fully saturated rings. The lowest BCUT2D eigenvalue weighted by molar-refractivity contribution is 0.0602. The minimum absolute atomic E-state index is 0.0401. The molecule has 2 aromatic carbocycles. The van der Waals surface area contributed by atoms with Gasteiger partial charge in [0, 0.05) is 5.69 Å². The normalized spacial score (nSPS) is 11.0. The molecule has 2 N–H and O–H groups in total. The zero-order chi connectivity index (χ0) is 21.0. The second-order valence-electron chi connectivity index (χ2n) is 6.08. The number of carbonyl (C=O) groups excluding carboxylic acids is 2. The number of aryl methyl sites for hydroxylation is 1. The van der Waals surface area contributed by atoms with E-state index in [1.165, 1.54) is 30.7 Å². The van der Waals surface area contributed by atoms with Crippen LogP contribution in [-0.2, 0) is 14.8 Å². The number of benzene rings is 2. The fraction of sp³-hybridized carbons (Fsp3) is 0.100. The topological polar surface area (TPSA) is 102 Å². The summed E-state index contributed by atoms with van der Waals surface area (Å²) in [4.78, 5) is 24.3. The van der Waals surface area contributed by atoms with Gasteiger partial charge in [0.15, 0.2) is 0 Å². The van der Waals surface area contributed by atoms with Gasteiger partial charge in [-0.05, 0) is 48.2 Å². The highest BCUT2D eigenvalue weighted by Crippen LogP contribution is 2.27. The molecule has 3 aromatic rings. The molecule has 0 saturated heterocycles. The summed E-state index contributed by atoms with van der Waals surface area (Å²) in [5.74, 6) is -1.21. The summed E-state index contributed by atoms with van der Waals surface area (Å²) in [6, 6.07) is 14.8. The number of rotatable bonds is 6. The number of methoxy groups -OCH3 is 1. The maximum Gasteiger partial charge on any atom is 0.349 e. The standard InChI is InChI=1S/C20H18N2O5S2/c1-13-6-5-7-14(12-13)21-19(23)15-8-3-4-9-16(15)22-29(25,26)17-10-11-28-18(17)20(24)27-2/h3-12,22H,1-2H3,(H,21,23). The molecule has 0 atom stereocenters. The van der Waals surface area contributed by atoms with Crippen molar-refractivity contribution in [3.05, 3.63) is 76.0 Å². The van der Waals surface area contributed by atoms with E-state index in [2.05, 4.69) is 14.8 Å². The predicted molar refractivity (Wildman–Crippen MR) is 112 cm³/mol. The quantitative estimate of drug-likeness (QED) is 0.578. The van der Waals surface area contributed by atoms with Gasteiger partial charge < -0.3 is 10.1 Å². The molecule has 7 nitrogen and oxygen atoms in total. The minimum Gasteiger partial charge on any atom is -0.465 e. The second kappa shape index (κ2) is 8.46. The summed E-state index contributed by atoms with van der Waals surface area (Å²) in [6.07, 6.45) is 0. The lowest BCUT2D eigenvalue weighted by atomic mass is 10.1. The molecule has 1 heterocycles. The highest BCUT2D eigenvalue weighted by Gasteiger charge is 2.26. The monoisotopic (exact) mass is 430 g/mol. The van der Waals surface area contributed by atoms with Crippen molar-refractivity contribution in [2.75, 3.05) is 17.1 Å². The Hall–Kier alpha value is -3.17. The van der Waals surface area contributed by atoms with E-state index >= 15 is 0 Å². The Balaban J connectivity index is 1.90. The molecule has 1 amide bonds. The van der Waals surface area contributed by atoms with Crippen molar-refractivity contribution in [1.29, 1.82) is 0 Å². The number of hydrogen-bond donors (Lipinski definition) is 2. The summed E-state index contributed by atoms with van der Waals surface area (Å²) < 4.78 is 32.7. The van der Waals surface area contributed by atoms with Crippen LogP contribution < -0.4 is 10.0 Å². The largest absolute Gasteiger partial charge is 0.465 e. The summed E-state index contributed by atoms with van der Waals surface area (Å²) in [5, 5.41) is 4.24. The number of nitrogens with one attached hydrogen (secondary N) is 2. The van der Waals surface area contributed by atoms with Crippen LogP contribution in [0.4, 0.5) is 11.4 Å². The number of anilines is 2. The van der Waals surface area contributed by atoms with Crippen molar-refractivity contribution in [1.82, 2.24) is 0 Å². The molecule has 9 heteroatoms. The molecule has 150 valence electrons. The minimum atomic E-state index is -4.11. The highest BCUT2D eigenvalue weighted by molar-refractivity contribution is 7.93. The third-order valence-electron chi connectivity index (χ3n) is 3.98. The molecular weight excluding hydrogens is 412 g/mol. The van der Waals surface area contributed by atoms with Gasteiger partial charge in [0.2, 0.25) is 0 Å². The van der Waals surface area contributed by atoms with Crippen LogP contribution in [0.5, 0.6) is 0 Å². The van der Waals surface area contributed by atoms with Gasteiger partial charge in [0.25, 0.3) is 15.9 Å². The van der Waals surface area contributed by atoms with Crippen LogP contribution >= 0.6 is 11.3 Å². The van der Waals surface area contributed by atoms with Crippen molar-refractivity contribution in [2.45, 2.75) is 11.8 Å². The Labute approximate surface area is 172 Å². The van der Waals surface area contributed by atoms with E-state index in [0.29, 0.717) is 5.69 Å². The van der Waals surface area contributed by atoms with Crippen molar-refractivity contribution in [3.63, 3.8) is 0 Å². The van der Waals surface area contributed by atoms with E-state index in [4.69, 9.17) is 0 Å². The van der Waals surface area contributed by atoms with E-state index in [1.807, 2.05) is 19.1 Å². The number of sulfonamides is 1. The first-order chi connectivity index (χ1) is 13.8. The number of carbonyl (C=O) groups is 2. The molecule has 0 radical (unpaired) electrons. The van der Waals surface area contributed by atoms with Gasteiger partial charge in [-0.2, -0.15) is 0 Å². The predicted octanol–water partition coefficient (Wildman–Crippen LogP) is 3.90. The molecule has 0 aliphatic rings. The molecule has 29 heavy (non-hydrogen) atoms. The third kappa shape index (κ3) is 4.64. The van der Waals surface area contributed by atoms with Crippen molar-refractivity contribution in [2.24, 2.45) is 0 Å². The fourth-order valence-electron chi connectivity index (χ4n) is 2.64. The van der Waals surface area contributed by atoms with Gasteiger partial charge in [-0.3, -0.25) is 9.52 Å². The molecule has 1 aromatic heterocycles. The second-order valence-corrected chi connectivity index (χ2v) is 8.65. The lowest BCUT2D eigenvalue weighted by Crippen LogP contribution is -2.19. The third-order valence-corrected chi connectivity index (χ3v) is 6.41. The average molecular weight is 431 g/mol. The number of thiophene rings is 1. The molecule has 0 aliphatic carbocycles. The zero-order valence-corrected chi connectivity index (χ0v) is 17.3. The Morgan fingerprint density at radius 2 is 1.79 bits per heavy atom. The van der Waals surface area contributed by atoms with Crippen molar-refractivity contribution < 1.29 is 22.7 Å². The van der Waals surface area contributed by atoms with Crippen LogP contribution in [0.2, 0.25) is 0 Å². The van der Waals surface area contributed by atoms with Crippen LogP contribution in [0.25, 0.3) is 0 Å². The maximum absolute atomic E-state index is 12.8. The molecular formula is C20H18N2O5S2. The zero-order valence-electron chi connectivity index (χ0n) is 15.6. The van der Waals surface area contributed by atoms with Gasteiger partial charge in [-0.1, -0.05) is 24.3 Å². The van der Waals surface area contributed by atoms with Gasteiger partial charge in [-0.15, -0.1) is 11.3 Å². The van der Waals surface area contributed by atoms with E-state index in [-0.39, 0.29) is 21.0 Å². The van der Waals surface area contributed by atoms with Crippen LogP contribution in [0.15, 0.2) is 64.9 Å². The molecule has 0 spiro atoms. The van der Waals surface area contributed by atoms with Crippen LogP contribution in [-0.4, -0.2) is 27.4 Å². The SMILES string of the molecule is COC(=O)c1sccc1S(=O)(=O)Nc1ccccc1C(=O)Nc1cccc(C)c1. The smallest absolute Gasteiger partial charge is 0.349 e. The van der Waals surface area contributed by atoms with Crippen molar-refractivity contribution in [3.8, 4) is 0 Å². The highest BCUT2D eigenvalue weighted by atomic mass is 32.2. The van der Waals surface area contributed by atoms with Crippen LogP contribution in [0.1, 0.15) is 25.6 Å². The Bertz CT molecular complexity index is 1170. The maximum atomic E-state index is 12.8. The number of amides is 1. The molecule has 3 rings (SSSR count). The lowest BCUT2D eigenvalue weighted by Gasteiger charge is -2.13. The summed E-state index contributed by atoms with van der Waals surface area (Å²) in [5.41, 5.74) is 1.81. The number of ether oxygens (including phenoxy) is 1. The summed E-state index contributed by atoms with van der Waals surface area (Å²) in [6.45, 7) is 1.90. The number of hydrogen-bond acceptors (Lipinski definition) is 6. The molecule has 0 saturated carbocycles. The first-order valence-electron chi connectivity index (χ1n) is 8.47. The van der Waals surface area contributed by atoms with Gasteiger partial charge in [0.1, 0.15) is 9.77 Å². The summed E-state index contributed by atoms with van der Waals surface area (Å²) >= 11 is 0.960. The Morgan fingerprint density at radius 1 is 1.03 bits per heavy atom. The van der Waals surface area contributed by atoms with Crippen LogP contribution in [0, 0.1) is 6.92 Å². The van der Waals surface area contributed by atoms with Gasteiger partial charge in [-0.25, -0.2) is 13.2 Å². The van der Waals surface area contributed by atoms with Gasteiger partial charge in [0.05, 0.1) is 18.4 Å². The average Bonchev–Trinajstić information content (AvgIpc) is 3.18. The van der Waals surface area contributed by atoms with E-state index in [1.54, 1.807) is 24.3 Å². The molecule has 0 aliphatic heterocycles. The van der Waals surface area contributed by atoms with Crippen molar-refractivity contribution >= 4 is 44.6 Å². The van der Waals surface area contributed by atoms with E-state index < -0.39 is 21.9 Å². The Kier molecular flexibility index (Phi) is 6.00. The summed E-state index contributed by atoms with van der Waals surface area (Å²) in [7, 11) is -2.93. The van der Waals surface area contributed by atoms with E-state index in [0.717, 1.165) is 16.9 Å². The van der Waals surface area contributed by atoms with E-state index in [9.17, 15) is 18.0 Å². The Morgan fingerprint density at radius 3 is 2.52 bits per heavy atom. The first kappa shape index (κ1) is 20.6. The van der Waals surface area contributed by atoms with Gasteiger partial charge >= 0.3 is 5.97 Å². The molecule has 0 unspecified atom stereocenters. The first-order valence-corrected chi connectivity index (χ1v) is 10.8. The fourth-order valence-corrected chi connectivity index (χ4v) is 5.06. The molecule has 0 bridgehead atoms. The number of para-hydroxylation sites is 1. The number of esters is 1. The van der Waals surface area contributed by atoms with Crippen LogP contribution in [0.3, 0.4) is 0 Å².